The minimum Gasteiger partial charge on any atom is -0.369 e. The summed E-state index contributed by atoms with van der Waals surface area (Å²) in [6.45, 7) is 4.31. The predicted molar refractivity (Wildman–Crippen MR) is 144 cm³/mol. The Hall–Kier alpha value is -2.91. The van der Waals surface area contributed by atoms with Gasteiger partial charge in [-0.3, -0.25) is 0 Å². The smallest absolute Gasteiger partial charge is 0.138 e. The molecule has 1 fully saturated rings. The Morgan fingerprint density at radius 1 is 0.758 bits per heavy atom. The molecule has 1 aliphatic rings. The molecule has 2 N–H and O–H groups in total. The number of aromatic nitrogens is 4. The van der Waals surface area contributed by atoms with Crippen molar-refractivity contribution in [3.05, 3.63) is 66.2 Å². The van der Waals surface area contributed by atoms with Crippen LogP contribution < -0.4 is 4.90 Å². The number of alkyl halides is 1. The number of likely N-dealkylation sites (N-methyl/N-ethyl adjacent to an activating group) is 1. The summed E-state index contributed by atoms with van der Waals surface area (Å²) in [7, 11) is 2.18. The van der Waals surface area contributed by atoms with Crippen LogP contribution in [-0.4, -0.2) is 58.1 Å². The molecule has 0 aliphatic carbocycles. The molecule has 1 saturated heterocycles. The number of nitrogens with one attached hydrogen (secondary N) is 2. The lowest BCUT2D eigenvalue weighted by molar-refractivity contribution is 0.313. The minimum atomic E-state index is 0.880. The molecular weight excluding hydrogens is 523 g/mol. The number of imidazole rings is 2. The van der Waals surface area contributed by atoms with Crippen LogP contribution in [-0.2, 0) is 4.43 Å². The van der Waals surface area contributed by atoms with Crippen LogP contribution in [0.1, 0.15) is 5.56 Å². The third-order valence-corrected chi connectivity index (χ3v) is 7.35. The van der Waals surface area contributed by atoms with E-state index in [1.165, 1.54) is 11.3 Å². The Bertz CT molecular complexity index is 1430. The number of nitrogens with zero attached hydrogens (tertiary/aromatic N) is 4. The van der Waals surface area contributed by atoms with Crippen molar-refractivity contribution < 1.29 is 0 Å². The predicted octanol–water partition coefficient (Wildman–Crippen LogP) is 5.46. The lowest BCUT2D eigenvalue weighted by atomic mass is 10.1. The Kier molecular flexibility index (Phi) is 5.30. The third-order valence-electron chi connectivity index (χ3n) is 6.47. The number of benzene rings is 3. The van der Waals surface area contributed by atoms with E-state index in [1.807, 2.05) is 0 Å². The highest BCUT2D eigenvalue weighted by molar-refractivity contribution is 14.1. The van der Waals surface area contributed by atoms with Crippen LogP contribution in [0.15, 0.2) is 60.7 Å². The van der Waals surface area contributed by atoms with E-state index in [1.54, 1.807) is 0 Å². The lowest BCUT2D eigenvalue weighted by Gasteiger charge is -2.34. The summed E-state index contributed by atoms with van der Waals surface area (Å²) in [5, 5.41) is 0. The Labute approximate surface area is 206 Å². The number of anilines is 1. The van der Waals surface area contributed by atoms with Gasteiger partial charge in [0.2, 0.25) is 0 Å². The van der Waals surface area contributed by atoms with E-state index >= 15 is 0 Å². The minimum absolute atomic E-state index is 0.880. The fourth-order valence-electron chi connectivity index (χ4n) is 4.44. The Morgan fingerprint density at radius 3 is 2.06 bits per heavy atom. The molecule has 0 unspecified atom stereocenters. The van der Waals surface area contributed by atoms with E-state index in [2.05, 4.69) is 110 Å². The van der Waals surface area contributed by atoms with E-state index in [4.69, 9.17) is 9.97 Å². The van der Waals surface area contributed by atoms with E-state index in [0.29, 0.717) is 0 Å². The maximum Gasteiger partial charge on any atom is 0.138 e. The van der Waals surface area contributed by atoms with Crippen molar-refractivity contribution in [2.75, 3.05) is 38.1 Å². The normalized spacial score (nSPS) is 15.0. The molecular formula is C26H25IN6. The van der Waals surface area contributed by atoms with Crippen LogP contribution in [0.4, 0.5) is 5.69 Å². The summed E-state index contributed by atoms with van der Waals surface area (Å²) in [6, 6.07) is 21.4. The van der Waals surface area contributed by atoms with Crippen molar-refractivity contribution in [1.82, 2.24) is 24.8 Å². The molecule has 0 saturated carbocycles. The number of H-pyrrole nitrogens is 2. The van der Waals surface area contributed by atoms with Crippen molar-refractivity contribution in [2.24, 2.45) is 0 Å². The topological polar surface area (TPSA) is 63.8 Å². The van der Waals surface area contributed by atoms with Gasteiger partial charge < -0.3 is 19.8 Å². The first-order chi connectivity index (χ1) is 16.2. The van der Waals surface area contributed by atoms with Gasteiger partial charge in [-0.15, -0.1) is 0 Å². The van der Waals surface area contributed by atoms with Gasteiger partial charge in [0.25, 0.3) is 0 Å². The molecule has 1 aliphatic heterocycles. The zero-order chi connectivity index (χ0) is 22.4. The fourth-order valence-corrected chi connectivity index (χ4v) is 4.95. The second kappa shape index (κ2) is 8.46. The second-order valence-corrected chi connectivity index (χ2v) is 9.49. The summed E-state index contributed by atoms with van der Waals surface area (Å²) in [6.07, 6.45) is 0. The van der Waals surface area contributed by atoms with Crippen LogP contribution >= 0.6 is 22.6 Å². The first-order valence-corrected chi connectivity index (χ1v) is 12.8. The van der Waals surface area contributed by atoms with Gasteiger partial charge in [-0.25, -0.2) is 9.97 Å². The van der Waals surface area contributed by atoms with Crippen LogP contribution in [0.3, 0.4) is 0 Å². The Morgan fingerprint density at radius 2 is 1.36 bits per heavy atom. The highest BCUT2D eigenvalue weighted by atomic mass is 127. The zero-order valence-corrected chi connectivity index (χ0v) is 20.6. The van der Waals surface area contributed by atoms with Crippen LogP contribution in [0.5, 0.6) is 0 Å². The van der Waals surface area contributed by atoms with Crippen molar-refractivity contribution in [1.29, 1.82) is 0 Å². The molecule has 0 atom stereocenters. The molecule has 0 spiro atoms. The maximum absolute atomic E-state index is 4.85. The number of piperazine rings is 1. The van der Waals surface area contributed by atoms with Crippen molar-refractivity contribution >= 4 is 50.3 Å². The summed E-state index contributed by atoms with van der Waals surface area (Å²) < 4.78 is 1.01. The number of halogens is 1. The summed E-state index contributed by atoms with van der Waals surface area (Å²) in [5.41, 5.74) is 8.76. The van der Waals surface area contributed by atoms with Gasteiger partial charge in [-0.1, -0.05) is 46.9 Å². The van der Waals surface area contributed by atoms with Crippen molar-refractivity contribution in [2.45, 2.75) is 4.43 Å². The van der Waals surface area contributed by atoms with Gasteiger partial charge in [0.15, 0.2) is 0 Å². The number of hydrogen-bond acceptors (Lipinski definition) is 4. The van der Waals surface area contributed by atoms with Crippen molar-refractivity contribution in [3.8, 4) is 22.8 Å². The van der Waals surface area contributed by atoms with Gasteiger partial charge in [-0.2, -0.15) is 0 Å². The highest BCUT2D eigenvalue weighted by Gasteiger charge is 2.16. The van der Waals surface area contributed by atoms with Crippen molar-refractivity contribution in [3.63, 3.8) is 0 Å². The van der Waals surface area contributed by atoms with Gasteiger partial charge in [0, 0.05) is 47.4 Å². The average Bonchev–Trinajstić information content (AvgIpc) is 3.48. The molecule has 2 aromatic heterocycles. The molecule has 3 heterocycles. The molecule has 0 bridgehead atoms. The molecule has 3 aromatic carbocycles. The molecule has 0 amide bonds. The summed E-state index contributed by atoms with van der Waals surface area (Å²) >= 11 is 2.38. The number of aromatic amines is 2. The lowest BCUT2D eigenvalue weighted by Crippen LogP contribution is -2.44. The average molecular weight is 548 g/mol. The molecule has 5 aromatic rings. The summed E-state index contributed by atoms with van der Waals surface area (Å²) in [4.78, 5) is 21.5. The molecule has 7 heteroatoms. The molecule has 0 radical (unpaired) electrons. The number of hydrogen-bond donors (Lipinski definition) is 2. The van der Waals surface area contributed by atoms with Crippen LogP contribution in [0.2, 0.25) is 0 Å². The van der Waals surface area contributed by atoms with Crippen LogP contribution in [0, 0.1) is 0 Å². The second-order valence-electron chi connectivity index (χ2n) is 8.73. The number of fused-ring (bicyclic) bond motifs is 2. The SMILES string of the molecule is CN1CCN(c2ccc3nc(-c4ccc5nc(-c6ccc(CI)cc6)[nH]c5c4)[nH]c3c2)CC1. The quantitative estimate of drug-likeness (QED) is 0.231. The zero-order valence-electron chi connectivity index (χ0n) is 18.5. The van der Waals surface area contributed by atoms with E-state index in [9.17, 15) is 0 Å². The first-order valence-electron chi connectivity index (χ1n) is 11.2. The van der Waals surface area contributed by atoms with E-state index in [0.717, 1.165) is 75.4 Å². The van der Waals surface area contributed by atoms with E-state index < -0.39 is 0 Å². The Balaban J connectivity index is 1.31. The fraction of sp³-hybridized carbons (Fsp3) is 0.231. The summed E-state index contributed by atoms with van der Waals surface area (Å²) in [5.74, 6) is 1.77. The van der Waals surface area contributed by atoms with Gasteiger partial charge in [0.05, 0.1) is 22.1 Å². The largest absolute Gasteiger partial charge is 0.369 e. The molecule has 33 heavy (non-hydrogen) atoms. The third kappa shape index (κ3) is 4.00. The van der Waals surface area contributed by atoms with Gasteiger partial charge >= 0.3 is 0 Å². The molecule has 6 rings (SSSR count). The maximum atomic E-state index is 4.85. The monoisotopic (exact) mass is 548 g/mol. The van der Waals surface area contributed by atoms with Gasteiger partial charge in [-0.05, 0) is 49.0 Å². The highest BCUT2D eigenvalue weighted by Crippen LogP contribution is 2.28. The molecule has 6 nitrogen and oxygen atoms in total. The standard InChI is InChI=1S/C26H25IN6/c1-32-10-12-33(13-11-32)20-7-9-22-24(15-20)31-26(29-22)19-6-8-21-23(14-19)30-25(28-21)18-4-2-17(16-27)3-5-18/h2-9,14-15H,10-13,16H2,1H3,(H,28,30)(H,29,31). The first kappa shape index (κ1) is 20.7. The van der Waals surface area contributed by atoms with Crippen LogP contribution in [0.25, 0.3) is 44.8 Å². The van der Waals surface area contributed by atoms with E-state index in [-0.39, 0.29) is 0 Å². The molecule has 166 valence electrons. The van der Waals surface area contributed by atoms with Gasteiger partial charge in [0.1, 0.15) is 11.6 Å². The number of rotatable bonds is 4.